The van der Waals surface area contributed by atoms with Crippen LogP contribution in [0.15, 0.2) is 63.2 Å². The molecule has 16 heavy (non-hydrogen) atoms. The van der Waals surface area contributed by atoms with Gasteiger partial charge in [-0.2, -0.15) is 0 Å². The number of hydrogen-bond donors (Lipinski definition) is 0. The molecule has 0 saturated carbocycles. The van der Waals surface area contributed by atoms with Crippen LogP contribution in [0.25, 0.3) is 0 Å². The van der Waals surface area contributed by atoms with Crippen molar-refractivity contribution in [3.63, 3.8) is 0 Å². The van der Waals surface area contributed by atoms with E-state index in [-0.39, 0.29) is 0 Å². The summed E-state index contributed by atoms with van der Waals surface area (Å²) in [6.07, 6.45) is 2.14. The quantitative estimate of drug-likeness (QED) is 0.709. The highest BCUT2D eigenvalue weighted by atomic mass is 32.2. The smallest absolute Gasteiger partial charge is 0.0260 e. The number of rotatable bonds is 3. The van der Waals surface area contributed by atoms with E-state index in [9.17, 15) is 0 Å². The molecule has 0 fully saturated rings. The van der Waals surface area contributed by atoms with Crippen molar-refractivity contribution in [2.45, 2.75) is 21.6 Å². The van der Waals surface area contributed by atoms with Gasteiger partial charge in [0, 0.05) is 14.7 Å². The topological polar surface area (TPSA) is 0 Å². The first-order valence-corrected chi connectivity index (χ1v) is 7.22. The van der Waals surface area contributed by atoms with E-state index in [4.69, 9.17) is 0 Å². The van der Waals surface area contributed by atoms with Crippen molar-refractivity contribution in [3.8, 4) is 0 Å². The van der Waals surface area contributed by atoms with E-state index in [0.717, 1.165) is 0 Å². The molecule has 0 N–H and O–H groups in total. The van der Waals surface area contributed by atoms with Crippen molar-refractivity contribution in [3.05, 3.63) is 54.1 Å². The lowest BCUT2D eigenvalue weighted by molar-refractivity contribution is 1.17. The van der Waals surface area contributed by atoms with Gasteiger partial charge < -0.3 is 0 Å². The monoisotopic (exact) mass is 246 g/mol. The predicted molar refractivity (Wildman–Crippen MR) is 73.5 cm³/mol. The fourth-order valence-corrected chi connectivity index (χ4v) is 3.56. The minimum Gasteiger partial charge on any atom is -0.128 e. The zero-order valence-corrected chi connectivity index (χ0v) is 11.1. The highest BCUT2D eigenvalue weighted by molar-refractivity contribution is 8.02. The predicted octanol–water partition coefficient (Wildman–Crippen LogP) is 4.87. The Kier molecular flexibility index (Phi) is 3.97. The van der Waals surface area contributed by atoms with E-state index in [0.29, 0.717) is 0 Å². The normalized spacial score (nSPS) is 10.4. The summed E-state index contributed by atoms with van der Waals surface area (Å²) in [7, 11) is 0. The Bertz CT molecular complexity index is 463. The molecule has 0 radical (unpaired) electrons. The molecule has 2 aromatic rings. The van der Waals surface area contributed by atoms with Gasteiger partial charge >= 0.3 is 0 Å². The molecule has 0 aliphatic heterocycles. The number of benzene rings is 2. The first-order chi connectivity index (χ1) is 7.81. The highest BCUT2D eigenvalue weighted by Crippen LogP contribution is 2.36. The number of thioether (sulfide) groups is 1. The van der Waals surface area contributed by atoms with Gasteiger partial charge in [0.25, 0.3) is 0 Å². The lowest BCUT2D eigenvalue weighted by Gasteiger charge is -2.09. The van der Waals surface area contributed by atoms with Crippen LogP contribution >= 0.6 is 23.5 Å². The van der Waals surface area contributed by atoms with Gasteiger partial charge in [-0.15, -0.1) is 11.8 Å². The fraction of sp³-hybridized carbons (Fsp3) is 0.143. The molecule has 2 heteroatoms. The van der Waals surface area contributed by atoms with Crippen LogP contribution in [0.5, 0.6) is 0 Å². The second-order valence-corrected chi connectivity index (χ2v) is 5.45. The van der Waals surface area contributed by atoms with Crippen LogP contribution in [-0.4, -0.2) is 6.26 Å². The van der Waals surface area contributed by atoms with Crippen molar-refractivity contribution in [2.75, 3.05) is 6.26 Å². The molecular formula is C14H14S2. The molecule has 82 valence electrons. The van der Waals surface area contributed by atoms with Crippen LogP contribution in [0.3, 0.4) is 0 Å². The zero-order chi connectivity index (χ0) is 11.4. The fourth-order valence-electron chi connectivity index (χ4n) is 1.58. The average Bonchev–Trinajstić information content (AvgIpc) is 2.31. The molecule has 0 nitrogen and oxygen atoms in total. The molecule has 0 atom stereocenters. The molecule has 0 heterocycles. The maximum atomic E-state index is 2.19. The molecule has 0 amide bonds. The van der Waals surface area contributed by atoms with Gasteiger partial charge in [0.1, 0.15) is 0 Å². The van der Waals surface area contributed by atoms with Crippen molar-refractivity contribution in [1.29, 1.82) is 0 Å². The van der Waals surface area contributed by atoms with Crippen LogP contribution in [0.2, 0.25) is 0 Å². The molecule has 0 spiro atoms. The zero-order valence-electron chi connectivity index (χ0n) is 9.44. The Balaban J connectivity index is 2.31. The highest BCUT2D eigenvalue weighted by Gasteiger charge is 2.05. The Hall–Kier alpha value is -0.860. The summed E-state index contributed by atoms with van der Waals surface area (Å²) in [6, 6.07) is 17.0. The van der Waals surface area contributed by atoms with Gasteiger partial charge in [0.15, 0.2) is 0 Å². The van der Waals surface area contributed by atoms with Crippen molar-refractivity contribution in [1.82, 2.24) is 0 Å². The van der Waals surface area contributed by atoms with Gasteiger partial charge in [-0.1, -0.05) is 42.1 Å². The maximum absolute atomic E-state index is 2.19. The van der Waals surface area contributed by atoms with E-state index in [1.807, 2.05) is 23.5 Å². The SMILES string of the molecule is CSc1c(C)cccc1Sc1ccccc1. The molecule has 0 aliphatic rings. The summed E-state index contributed by atoms with van der Waals surface area (Å²) in [5.41, 5.74) is 1.36. The van der Waals surface area contributed by atoms with Gasteiger partial charge in [0.05, 0.1) is 0 Å². The van der Waals surface area contributed by atoms with Crippen molar-refractivity contribution >= 4 is 23.5 Å². The Morgan fingerprint density at radius 2 is 1.62 bits per heavy atom. The van der Waals surface area contributed by atoms with E-state index in [1.54, 1.807) is 0 Å². The van der Waals surface area contributed by atoms with E-state index >= 15 is 0 Å². The molecule has 0 saturated heterocycles. The number of aryl methyl sites for hydroxylation is 1. The number of hydrogen-bond acceptors (Lipinski definition) is 2. The van der Waals surface area contributed by atoms with Crippen LogP contribution in [0, 0.1) is 6.92 Å². The van der Waals surface area contributed by atoms with Gasteiger partial charge in [-0.25, -0.2) is 0 Å². The van der Waals surface area contributed by atoms with Crippen LogP contribution in [-0.2, 0) is 0 Å². The van der Waals surface area contributed by atoms with Crippen LogP contribution < -0.4 is 0 Å². The lowest BCUT2D eigenvalue weighted by atomic mass is 10.2. The van der Waals surface area contributed by atoms with E-state index in [2.05, 4.69) is 61.7 Å². The summed E-state index contributed by atoms with van der Waals surface area (Å²) in [5, 5.41) is 0. The third kappa shape index (κ3) is 2.63. The molecule has 2 aromatic carbocycles. The summed E-state index contributed by atoms with van der Waals surface area (Å²) >= 11 is 3.65. The third-order valence-electron chi connectivity index (χ3n) is 2.35. The molecule has 0 aliphatic carbocycles. The molecule has 2 rings (SSSR count). The maximum Gasteiger partial charge on any atom is 0.0260 e. The third-order valence-corrected chi connectivity index (χ3v) is 4.50. The Morgan fingerprint density at radius 3 is 2.31 bits per heavy atom. The minimum atomic E-state index is 1.29. The molecule has 0 unspecified atom stereocenters. The van der Waals surface area contributed by atoms with E-state index in [1.165, 1.54) is 20.2 Å². The average molecular weight is 246 g/mol. The summed E-state index contributed by atoms with van der Waals surface area (Å²) in [6.45, 7) is 2.17. The van der Waals surface area contributed by atoms with Gasteiger partial charge in [0.2, 0.25) is 0 Å². The second kappa shape index (κ2) is 5.46. The molecule has 0 aromatic heterocycles. The Labute approximate surface area is 105 Å². The van der Waals surface area contributed by atoms with Gasteiger partial charge in [-0.3, -0.25) is 0 Å². The Morgan fingerprint density at radius 1 is 0.875 bits per heavy atom. The largest absolute Gasteiger partial charge is 0.128 e. The van der Waals surface area contributed by atoms with Crippen LogP contribution in [0.4, 0.5) is 0 Å². The van der Waals surface area contributed by atoms with E-state index < -0.39 is 0 Å². The van der Waals surface area contributed by atoms with Crippen LogP contribution in [0.1, 0.15) is 5.56 Å². The first-order valence-electron chi connectivity index (χ1n) is 5.18. The summed E-state index contributed by atoms with van der Waals surface area (Å²) < 4.78 is 0. The second-order valence-electron chi connectivity index (χ2n) is 3.52. The molecule has 0 bridgehead atoms. The van der Waals surface area contributed by atoms with Crippen molar-refractivity contribution in [2.24, 2.45) is 0 Å². The van der Waals surface area contributed by atoms with Crippen molar-refractivity contribution < 1.29 is 0 Å². The lowest BCUT2D eigenvalue weighted by Crippen LogP contribution is -1.83. The molecular weight excluding hydrogens is 232 g/mol. The minimum absolute atomic E-state index is 1.29. The standard InChI is InChI=1S/C14H14S2/c1-11-7-6-10-13(14(11)15-2)16-12-8-4-3-5-9-12/h3-10H,1-2H3. The summed E-state index contributed by atoms with van der Waals surface area (Å²) in [4.78, 5) is 4.03. The first kappa shape index (κ1) is 11.6. The summed E-state index contributed by atoms with van der Waals surface area (Å²) in [5.74, 6) is 0. The van der Waals surface area contributed by atoms with Gasteiger partial charge in [-0.05, 0) is 36.9 Å².